The standard InChI is InChI=1S/C43H81F3O3Si3/c1-29(2)42(43(44,45)46,49-50(12,13)14)26-21-30(3)33-19-20-34-32-28-37(48-52(17,18)39(7,8)9)36-27-31(47-51(15,16)38(4,5)6)22-24-41(36,11)35(32)23-25-40(33,34)10/h21,26,29-37H,19-20,22-25,27-28H2,1-18H3/b26-21+/t30?,31-,32+,33-,34+,35+,36+,37+,40-,41-,42?/m1/s1. The molecule has 0 heterocycles. The van der Waals surface area contributed by atoms with Crippen LogP contribution in [0, 0.1) is 52.3 Å². The minimum Gasteiger partial charge on any atom is -0.414 e. The van der Waals surface area contributed by atoms with Gasteiger partial charge in [-0.25, -0.2) is 0 Å². The largest absolute Gasteiger partial charge is 0.420 e. The highest BCUT2D eigenvalue weighted by molar-refractivity contribution is 6.74. The zero-order chi connectivity index (χ0) is 39.9. The third kappa shape index (κ3) is 8.36. The van der Waals surface area contributed by atoms with Crippen LogP contribution in [0.3, 0.4) is 0 Å². The zero-order valence-corrected chi connectivity index (χ0v) is 39.9. The highest BCUT2D eigenvalue weighted by Gasteiger charge is 2.64. The van der Waals surface area contributed by atoms with Gasteiger partial charge in [-0.15, -0.1) is 0 Å². The first-order valence-corrected chi connectivity index (χ1v) is 30.3. The van der Waals surface area contributed by atoms with Crippen molar-refractivity contribution in [3.05, 3.63) is 12.2 Å². The van der Waals surface area contributed by atoms with Crippen LogP contribution in [-0.4, -0.2) is 48.9 Å². The van der Waals surface area contributed by atoms with Crippen LogP contribution in [0.2, 0.25) is 55.9 Å². The predicted octanol–water partition coefficient (Wildman–Crippen LogP) is 14.0. The molecule has 4 aliphatic carbocycles. The maximum atomic E-state index is 14.9. The van der Waals surface area contributed by atoms with Gasteiger partial charge in [0.15, 0.2) is 30.6 Å². The van der Waals surface area contributed by atoms with Crippen molar-refractivity contribution >= 4 is 25.0 Å². The number of halogens is 3. The zero-order valence-electron chi connectivity index (χ0n) is 36.9. The highest BCUT2D eigenvalue weighted by Crippen LogP contribution is 2.69. The van der Waals surface area contributed by atoms with Gasteiger partial charge in [0.05, 0.1) is 0 Å². The molecule has 4 rings (SSSR count). The second-order valence-corrected chi connectivity index (χ2v) is 37.0. The Morgan fingerprint density at radius 1 is 0.673 bits per heavy atom. The molecular weight excluding hydrogens is 706 g/mol. The molecule has 0 amide bonds. The molecule has 2 unspecified atom stereocenters. The molecule has 0 spiro atoms. The molecule has 0 aromatic heterocycles. The summed E-state index contributed by atoms with van der Waals surface area (Å²) >= 11 is 0. The van der Waals surface area contributed by atoms with Crippen LogP contribution in [0.4, 0.5) is 13.2 Å². The topological polar surface area (TPSA) is 27.7 Å². The van der Waals surface area contributed by atoms with Crippen LogP contribution in [0.5, 0.6) is 0 Å². The summed E-state index contributed by atoms with van der Waals surface area (Å²) in [5, 5.41) is 0.320. The Kier molecular flexibility index (Phi) is 12.5. The van der Waals surface area contributed by atoms with Gasteiger partial charge in [0.1, 0.15) is 0 Å². The summed E-state index contributed by atoms with van der Waals surface area (Å²) in [5.74, 6) is 2.03. The lowest BCUT2D eigenvalue weighted by Crippen LogP contribution is -2.61. The van der Waals surface area contributed by atoms with Gasteiger partial charge in [-0.1, -0.05) is 82.2 Å². The summed E-state index contributed by atoms with van der Waals surface area (Å²) in [6.07, 6.45) is 8.61. The van der Waals surface area contributed by atoms with E-state index in [0.29, 0.717) is 35.7 Å². The fourth-order valence-electron chi connectivity index (χ4n) is 11.3. The van der Waals surface area contributed by atoms with Crippen molar-refractivity contribution in [3.8, 4) is 0 Å². The van der Waals surface area contributed by atoms with Crippen LogP contribution in [0.1, 0.15) is 128 Å². The summed E-state index contributed by atoms with van der Waals surface area (Å²) < 4.78 is 65.5. The second-order valence-electron chi connectivity index (χ2n) is 23.0. The van der Waals surface area contributed by atoms with Crippen molar-refractivity contribution in [1.82, 2.24) is 0 Å². The van der Waals surface area contributed by atoms with Gasteiger partial charge in [-0.05, 0) is 166 Å². The van der Waals surface area contributed by atoms with Crippen molar-refractivity contribution in [2.45, 2.75) is 207 Å². The lowest BCUT2D eigenvalue weighted by molar-refractivity contribution is -0.246. The lowest BCUT2D eigenvalue weighted by atomic mass is 9.44. The Bertz CT molecular complexity index is 1280. The molecule has 0 aromatic rings. The van der Waals surface area contributed by atoms with Crippen LogP contribution in [-0.2, 0) is 13.3 Å². The Balaban J connectivity index is 1.66. The minimum absolute atomic E-state index is 0.0476. The second kappa shape index (κ2) is 14.5. The number of hydrogen-bond acceptors (Lipinski definition) is 3. The van der Waals surface area contributed by atoms with Crippen molar-refractivity contribution in [2.75, 3.05) is 0 Å². The molecule has 9 heteroatoms. The molecule has 11 atom stereocenters. The van der Waals surface area contributed by atoms with Crippen LogP contribution >= 0.6 is 0 Å². The normalized spacial score (nSPS) is 37.1. The molecule has 0 radical (unpaired) electrons. The fraction of sp³-hybridized carbons (Fsp3) is 0.953. The van der Waals surface area contributed by atoms with E-state index in [-0.39, 0.29) is 32.9 Å². The molecule has 0 aliphatic heterocycles. The summed E-state index contributed by atoms with van der Waals surface area (Å²) in [5.41, 5.74) is -1.93. The van der Waals surface area contributed by atoms with E-state index in [2.05, 4.69) is 88.5 Å². The number of rotatable bonds is 10. The van der Waals surface area contributed by atoms with Crippen molar-refractivity contribution in [3.63, 3.8) is 0 Å². The van der Waals surface area contributed by atoms with Gasteiger partial charge < -0.3 is 13.3 Å². The molecule has 4 aliphatic rings. The maximum absolute atomic E-state index is 14.9. The van der Waals surface area contributed by atoms with E-state index in [9.17, 15) is 13.2 Å². The van der Waals surface area contributed by atoms with Gasteiger partial charge in [-0.3, -0.25) is 0 Å². The Morgan fingerprint density at radius 3 is 1.69 bits per heavy atom. The first-order valence-electron chi connectivity index (χ1n) is 21.0. The number of hydrogen-bond donors (Lipinski definition) is 0. The summed E-state index contributed by atoms with van der Waals surface area (Å²) in [7, 11) is -6.46. The van der Waals surface area contributed by atoms with Gasteiger partial charge in [-0.2, -0.15) is 13.2 Å². The first-order chi connectivity index (χ1) is 23.2. The molecule has 304 valence electrons. The van der Waals surface area contributed by atoms with E-state index >= 15 is 0 Å². The Morgan fingerprint density at radius 2 is 1.19 bits per heavy atom. The van der Waals surface area contributed by atoms with Gasteiger partial charge in [0, 0.05) is 12.2 Å². The van der Waals surface area contributed by atoms with Gasteiger partial charge in [0.25, 0.3) is 0 Å². The SMILES string of the molecule is CC(/C=C/C(O[Si](C)(C)C)(C(C)C)C(F)(F)F)[C@H]1CC[C@H]2[C@@H]3C[C@H](O[Si](C)(C)C(C)(C)C)[C@@H]4C[C@H](O[Si](C)(C)C(C)(C)C)CC[C@]4(C)[C@H]3CC[C@]12C. The van der Waals surface area contributed by atoms with Crippen molar-refractivity contribution in [1.29, 1.82) is 0 Å². The number of alkyl halides is 3. The summed E-state index contributed by atoms with van der Waals surface area (Å²) in [6, 6.07) is 0. The molecule has 0 bridgehead atoms. The molecule has 52 heavy (non-hydrogen) atoms. The number of allylic oxidation sites excluding steroid dienone is 1. The molecule has 4 fully saturated rings. The molecular formula is C43H81F3O3Si3. The third-order valence-electron chi connectivity index (χ3n) is 16.3. The van der Waals surface area contributed by atoms with Crippen LogP contribution < -0.4 is 0 Å². The maximum Gasteiger partial charge on any atom is 0.420 e. The van der Waals surface area contributed by atoms with Crippen LogP contribution in [0.25, 0.3) is 0 Å². The molecule has 3 nitrogen and oxygen atoms in total. The Hall–Kier alpha value is 0.0606. The average molecular weight is 787 g/mol. The van der Waals surface area contributed by atoms with E-state index in [0.717, 1.165) is 25.7 Å². The summed E-state index contributed by atoms with van der Waals surface area (Å²) in [4.78, 5) is 0. The van der Waals surface area contributed by atoms with E-state index in [4.69, 9.17) is 13.3 Å². The molecule has 4 saturated carbocycles. The summed E-state index contributed by atoms with van der Waals surface area (Å²) in [6.45, 7) is 40.0. The predicted molar refractivity (Wildman–Crippen MR) is 221 cm³/mol. The van der Waals surface area contributed by atoms with Crippen molar-refractivity contribution < 1.29 is 26.4 Å². The van der Waals surface area contributed by atoms with Gasteiger partial charge >= 0.3 is 6.18 Å². The highest BCUT2D eigenvalue weighted by atomic mass is 28.4. The smallest absolute Gasteiger partial charge is 0.414 e. The monoisotopic (exact) mass is 787 g/mol. The fourth-order valence-corrected chi connectivity index (χ4v) is 15.5. The van der Waals surface area contributed by atoms with Gasteiger partial charge in [0.2, 0.25) is 0 Å². The molecule has 0 N–H and O–H groups in total. The third-order valence-corrected chi connectivity index (χ3v) is 26.2. The van der Waals surface area contributed by atoms with E-state index in [1.165, 1.54) is 31.8 Å². The van der Waals surface area contributed by atoms with E-state index in [1.54, 1.807) is 13.8 Å². The number of fused-ring (bicyclic) bond motifs is 5. The Labute approximate surface area is 322 Å². The van der Waals surface area contributed by atoms with Crippen molar-refractivity contribution in [2.24, 2.45) is 52.3 Å². The lowest BCUT2D eigenvalue weighted by Gasteiger charge is -2.64. The van der Waals surface area contributed by atoms with Crippen LogP contribution in [0.15, 0.2) is 12.2 Å². The first kappa shape index (κ1) is 44.8. The van der Waals surface area contributed by atoms with E-state index < -0.39 is 42.6 Å². The van der Waals surface area contributed by atoms with E-state index in [1.807, 2.05) is 25.7 Å². The average Bonchev–Trinajstić information content (AvgIpc) is 3.30. The quantitative estimate of drug-likeness (QED) is 0.163. The molecule has 0 saturated heterocycles. The molecule has 0 aromatic carbocycles. The minimum atomic E-state index is -4.47.